The third kappa shape index (κ3) is 2.65. The number of nitrogens with zero attached hydrogens (tertiary/aromatic N) is 5. The van der Waals surface area contributed by atoms with Gasteiger partial charge in [-0.05, 0) is 24.6 Å². The number of imidazole rings is 1. The van der Waals surface area contributed by atoms with Gasteiger partial charge in [-0.1, -0.05) is 17.8 Å². The molecule has 6 nitrogen and oxygen atoms in total. The fraction of sp³-hybridized carbons (Fsp3) is 0.235. The Kier molecular flexibility index (Phi) is 3.95. The Morgan fingerprint density at radius 2 is 2.00 bits per heavy atom. The van der Waals surface area contributed by atoms with Crippen molar-refractivity contribution in [3.8, 4) is 0 Å². The topological polar surface area (TPSA) is 56.1 Å². The first-order valence-electron chi connectivity index (χ1n) is 7.62. The molecule has 0 unspecified atom stereocenters. The van der Waals surface area contributed by atoms with Crippen LogP contribution in [0.2, 0.25) is 0 Å². The SMILES string of the molecule is COCN1c2cc(Cn3ccnc3C)ccc2Sc2nccnc21. The molecule has 3 heterocycles. The second-order valence-corrected chi connectivity index (χ2v) is 6.57. The monoisotopic (exact) mass is 339 g/mol. The quantitative estimate of drug-likeness (QED) is 0.727. The van der Waals surface area contributed by atoms with Gasteiger partial charge in [-0.3, -0.25) is 4.90 Å². The number of ether oxygens (including phenoxy) is 1. The summed E-state index contributed by atoms with van der Waals surface area (Å²) < 4.78 is 7.52. The van der Waals surface area contributed by atoms with E-state index in [1.54, 1.807) is 31.3 Å². The lowest BCUT2D eigenvalue weighted by atomic mass is 10.1. The van der Waals surface area contributed by atoms with Crippen molar-refractivity contribution in [2.75, 3.05) is 18.7 Å². The first kappa shape index (κ1) is 15.2. The second-order valence-electron chi connectivity index (χ2n) is 5.54. The Labute approximate surface area is 144 Å². The van der Waals surface area contributed by atoms with Crippen LogP contribution >= 0.6 is 11.8 Å². The molecular weight excluding hydrogens is 322 g/mol. The summed E-state index contributed by atoms with van der Waals surface area (Å²) in [5.74, 6) is 1.85. The minimum absolute atomic E-state index is 0.437. The largest absolute Gasteiger partial charge is 0.364 e. The predicted octanol–water partition coefficient (Wildman–Crippen LogP) is 3.24. The van der Waals surface area contributed by atoms with E-state index in [9.17, 15) is 0 Å². The lowest BCUT2D eigenvalue weighted by Crippen LogP contribution is -2.24. The molecule has 1 aliphatic rings. The fourth-order valence-electron chi connectivity index (χ4n) is 2.78. The van der Waals surface area contributed by atoms with E-state index in [0.29, 0.717) is 6.73 Å². The van der Waals surface area contributed by atoms with Crippen LogP contribution in [0, 0.1) is 6.92 Å². The molecule has 0 N–H and O–H groups in total. The van der Waals surface area contributed by atoms with E-state index in [1.165, 1.54) is 5.56 Å². The molecule has 0 saturated carbocycles. The van der Waals surface area contributed by atoms with Gasteiger partial charge in [0.15, 0.2) is 5.82 Å². The van der Waals surface area contributed by atoms with E-state index >= 15 is 0 Å². The zero-order chi connectivity index (χ0) is 16.5. The van der Waals surface area contributed by atoms with Gasteiger partial charge in [-0.15, -0.1) is 0 Å². The molecule has 1 aliphatic heterocycles. The van der Waals surface area contributed by atoms with Crippen LogP contribution in [0.3, 0.4) is 0 Å². The van der Waals surface area contributed by atoms with Gasteiger partial charge in [0.2, 0.25) is 0 Å². The second kappa shape index (κ2) is 6.26. The number of aryl methyl sites for hydroxylation is 1. The van der Waals surface area contributed by atoms with Crippen molar-refractivity contribution in [2.24, 2.45) is 0 Å². The Bertz CT molecular complexity index is 879. The lowest BCUT2D eigenvalue weighted by molar-refractivity contribution is 0.204. The molecule has 122 valence electrons. The highest BCUT2D eigenvalue weighted by Gasteiger charge is 2.25. The number of anilines is 2. The van der Waals surface area contributed by atoms with E-state index in [0.717, 1.165) is 33.8 Å². The summed E-state index contributed by atoms with van der Waals surface area (Å²) >= 11 is 1.64. The van der Waals surface area contributed by atoms with E-state index in [1.807, 2.05) is 19.3 Å². The minimum Gasteiger partial charge on any atom is -0.364 e. The molecule has 0 aliphatic carbocycles. The normalized spacial score (nSPS) is 12.8. The van der Waals surface area contributed by atoms with Gasteiger partial charge < -0.3 is 9.30 Å². The van der Waals surface area contributed by atoms with E-state index in [-0.39, 0.29) is 0 Å². The Hall–Kier alpha value is -2.38. The molecule has 0 radical (unpaired) electrons. The van der Waals surface area contributed by atoms with Crippen LogP contribution in [-0.2, 0) is 11.3 Å². The number of hydrogen-bond donors (Lipinski definition) is 0. The summed E-state index contributed by atoms with van der Waals surface area (Å²) in [4.78, 5) is 16.4. The summed E-state index contributed by atoms with van der Waals surface area (Å²) in [5.41, 5.74) is 2.31. The molecule has 1 aromatic carbocycles. The fourth-order valence-corrected chi connectivity index (χ4v) is 3.76. The molecule has 2 aromatic heterocycles. The molecule has 0 amide bonds. The van der Waals surface area contributed by atoms with Crippen LogP contribution in [0.25, 0.3) is 0 Å². The summed E-state index contributed by atoms with van der Waals surface area (Å²) in [6, 6.07) is 6.48. The Morgan fingerprint density at radius 3 is 2.79 bits per heavy atom. The van der Waals surface area contributed by atoms with Crippen molar-refractivity contribution in [3.63, 3.8) is 0 Å². The van der Waals surface area contributed by atoms with Crippen LogP contribution in [-0.4, -0.2) is 33.4 Å². The zero-order valence-electron chi connectivity index (χ0n) is 13.5. The van der Waals surface area contributed by atoms with Crippen LogP contribution in [0.15, 0.2) is 52.9 Å². The van der Waals surface area contributed by atoms with Gasteiger partial charge in [0.25, 0.3) is 0 Å². The van der Waals surface area contributed by atoms with Crippen molar-refractivity contribution in [2.45, 2.75) is 23.4 Å². The van der Waals surface area contributed by atoms with Crippen molar-refractivity contribution in [3.05, 3.63) is 54.4 Å². The van der Waals surface area contributed by atoms with Crippen LogP contribution < -0.4 is 4.90 Å². The molecular formula is C17H17N5OS. The molecule has 0 saturated heterocycles. The number of rotatable bonds is 4. The first-order valence-corrected chi connectivity index (χ1v) is 8.44. The standard InChI is InChI=1S/C17H17N5OS/c1-12-18-7-8-21(12)10-13-3-4-15-14(9-13)22(11-23-2)16-17(24-15)20-6-5-19-16/h3-9H,10-11H2,1-2H3. The van der Waals surface area contributed by atoms with Gasteiger partial charge in [-0.25, -0.2) is 15.0 Å². The van der Waals surface area contributed by atoms with Crippen LogP contribution in [0.5, 0.6) is 0 Å². The maximum absolute atomic E-state index is 5.39. The summed E-state index contributed by atoms with van der Waals surface area (Å²) in [5, 5.41) is 0.903. The van der Waals surface area contributed by atoms with E-state index in [4.69, 9.17) is 4.74 Å². The third-order valence-electron chi connectivity index (χ3n) is 3.96. The Morgan fingerprint density at radius 1 is 1.12 bits per heavy atom. The maximum atomic E-state index is 5.39. The smallest absolute Gasteiger partial charge is 0.168 e. The van der Waals surface area contributed by atoms with Crippen LogP contribution in [0.4, 0.5) is 11.5 Å². The molecule has 7 heteroatoms. The summed E-state index contributed by atoms with van der Waals surface area (Å²) in [6.07, 6.45) is 7.26. The molecule has 4 rings (SSSR count). The molecule has 24 heavy (non-hydrogen) atoms. The van der Waals surface area contributed by atoms with Gasteiger partial charge in [0, 0.05) is 43.3 Å². The highest BCUT2D eigenvalue weighted by molar-refractivity contribution is 7.99. The average molecular weight is 339 g/mol. The summed E-state index contributed by atoms with van der Waals surface area (Å²) in [7, 11) is 1.69. The molecule has 0 bridgehead atoms. The summed E-state index contributed by atoms with van der Waals surface area (Å²) in [6.45, 7) is 3.24. The van der Waals surface area contributed by atoms with Crippen molar-refractivity contribution < 1.29 is 4.74 Å². The number of fused-ring (bicyclic) bond motifs is 2. The van der Waals surface area contributed by atoms with E-state index < -0.39 is 0 Å². The van der Waals surface area contributed by atoms with Gasteiger partial charge >= 0.3 is 0 Å². The average Bonchev–Trinajstić information content (AvgIpc) is 3.00. The van der Waals surface area contributed by atoms with Gasteiger partial charge in [0.1, 0.15) is 17.6 Å². The maximum Gasteiger partial charge on any atom is 0.168 e. The minimum atomic E-state index is 0.437. The Balaban J connectivity index is 1.73. The predicted molar refractivity (Wildman–Crippen MR) is 92.7 cm³/mol. The number of methoxy groups -OCH3 is 1. The number of hydrogen-bond acceptors (Lipinski definition) is 6. The zero-order valence-corrected chi connectivity index (χ0v) is 14.3. The van der Waals surface area contributed by atoms with Crippen molar-refractivity contribution >= 4 is 23.3 Å². The van der Waals surface area contributed by atoms with Gasteiger partial charge in [-0.2, -0.15) is 0 Å². The first-order chi connectivity index (χ1) is 11.8. The van der Waals surface area contributed by atoms with Crippen molar-refractivity contribution in [1.29, 1.82) is 0 Å². The number of benzene rings is 1. The molecule has 0 spiro atoms. The molecule has 0 fully saturated rings. The lowest BCUT2D eigenvalue weighted by Gasteiger charge is -2.30. The molecule has 0 atom stereocenters. The highest BCUT2D eigenvalue weighted by Crippen LogP contribution is 2.46. The molecule has 3 aromatic rings. The van der Waals surface area contributed by atoms with Gasteiger partial charge in [0.05, 0.1) is 5.69 Å². The number of aromatic nitrogens is 4. The van der Waals surface area contributed by atoms with Crippen molar-refractivity contribution in [1.82, 2.24) is 19.5 Å². The van der Waals surface area contributed by atoms with E-state index in [2.05, 4.69) is 42.6 Å². The third-order valence-corrected chi connectivity index (χ3v) is 5.00. The highest BCUT2D eigenvalue weighted by atomic mass is 32.2. The van der Waals surface area contributed by atoms with Crippen LogP contribution in [0.1, 0.15) is 11.4 Å².